The van der Waals surface area contributed by atoms with Crippen molar-refractivity contribution >= 4 is 23.1 Å². The van der Waals surface area contributed by atoms with Gasteiger partial charge in [-0.3, -0.25) is 18.8 Å². The van der Waals surface area contributed by atoms with E-state index in [-0.39, 0.29) is 30.3 Å². The molecule has 1 unspecified atom stereocenters. The van der Waals surface area contributed by atoms with Crippen molar-refractivity contribution in [2.45, 2.75) is 25.8 Å². The smallest absolute Gasteiger partial charge is 0.452 e. The molecule has 2 aromatic carbocycles. The number of alkyl halides is 3. The fraction of sp³-hybridized carbons (Fsp3) is 0.407. The van der Waals surface area contributed by atoms with E-state index in [0.29, 0.717) is 11.6 Å². The molecule has 0 bridgehead atoms. The summed E-state index contributed by atoms with van der Waals surface area (Å²) in [6, 6.07) is 12.1. The van der Waals surface area contributed by atoms with E-state index in [4.69, 9.17) is 16.3 Å². The van der Waals surface area contributed by atoms with Gasteiger partial charge in [-0.2, -0.15) is 0 Å². The summed E-state index contributed by atoms with van der Waals surface area (Å²) < 4.78 is 51.0. The molecule has 0 saturated carbocycles. The highest BCUT2D eigenvalue weighted by molar-refractivity contribution is 6.30. The molecule has 1 atom stereocenters. The molecular formula is C27H30ClF3N6O4. The van der Waals surface area contributed by atoms with Gasteiger partial charge >= 0.3 is 12.1 Å². The number of fused-ring (bicyclic) bond motifs is 1. The molecule has 0 spiro atoms. The Morgan fingerprint density at radius 3 is 2.34 bits per heavy atom. The van der Waals surface area contributed by atoms with Crippen molar-refractivity contribution in [3.8, 4) is 11.5 Å². The van der Waals surface area contributed by atoms with Crippen molar-refractivity contribution in [3.05, 3.63) is 80.0 Å². The molecule has 0 radical (unpaired) electrons. The summed E-state index contributed by atoms with van der Waals surface area (Å²) >= 11 is 6.06. The maximum absolute atomic E-state index is 13.8. The zero-order chi connectivity index (χ0) is 29.3. The third-order valence-electron chi connectivity index (χ3n) is 7.14. The number of rotatable bonds is 8. The predicted octanol–water partition coefficient (Wildman–Crippen LogP) is 3.14. The zero-order valence-electron chi connectivity index (χ0n) is 22.5. The minimum atomic E-state index is -4.87. The molecule has 0 amide bonds. The fourth-order valence-electron chi connectivity index (χ4n) is 4.91. The van der Waals surface area contributed by atoms with Crippen LogP contribution in [0, 0.1) is 0 Å². The first-order valence-electron chi connectivity index (χ1n) is 13.0. The summed E-state index contributed by atoms with van der Waals surface area (Å²) in [6.07, 6.45) is -5.89. The second-order valence-electron chi connectivity index (χ2n) is 10.0. The van der Waals surface area contributed by atoms with Gasteiger partial charge in [0.15, 0.2) is 0 Å². The lowest BCUT2D eigenvalue weighted by molar-refractivity contribution is -0.274. The number of benzene rings is 2. The number of hydrogen-bond donors (Lipinski definition) is 1. The molecule has 41 heavy (non-hydrogen) atoms. The minimum Gasteiger partial charge on any atom is -0.452 e. The van der Waals surface area contributed by atoms with Crippen LogP contribution in [0.4, 0.5) is 24.7 Å². The van der Waals surface area contributed by atoms with E-state index in [2.05, 4.69) is 26.9 Å². The first-order chi connectivity index (χ1) is 19.5. The number of nitrogens with one attached hydrogen (secondary N) is 1. The van der Waals surface area contributed by atoms with Gasteiger partial charge < -0.3 is 24.6 Å². The monoisotopic (exact) mass is 594 g/mol. The molecule has 10 nitrogen and oxygen atoms in total. The maximum atomic E-state index is 13.8. The first-order valence-corrected chi connectivity index (χ1v) is 13.4. The Bertz CT molecular complexity index is 1500. The molecule has 3 heterocycles. The average molecular weight is 595 g/mol. The summed E-state index contributed by atoms with van der Waals surface area (Å²) in [7, 11) is 3.61. The van der Waals surface area contributed by atoms with Crippen molar-refractivity contribution in [2.24, 2.45) is 7.05 Å². The van der Waals surface area contributed by atoms with Crippen LogP contribution in [0.2, 0.25) is 5.02 Å². The quantitative estimate of drug-likeness (QED) is 0.426. The first kappa shape index (κ1) is 28.8. The second-order valence-corrected chi connectivity index (χ2v) is 10.5. The zero-order valence-corrected chi connectivity index (χ0v) is 23.3. The predicted molar refractivity (Wildman–Crippen MR) is 149 cm³/mol. The van der Waals surface area contributed by atoms with Crippen LogP contribution < -0.4 is 30.9 Å². The van der Waals surface area contributed by atoms with E-state index in [1.165, 1.54) is 21.3 Å². The van der Waals surface area contributed by atoms with Gasteiger partial charge in [-0.25, -0.2) is 4.79 Å². The SMILES string of the molecule is CN1CCN(CCn2c(=O)c3c(n(C)c2=O)NC(Oc2cccc(OC(F)(F)F)c2)N3Cc2ccc(Cl)cc2)CC1. The van der Waals surface area contributed by atoms with Crippen molar-refractivity contribution < 1.29 is 22.6 Å². The maximum Gasteiger partial charge on any atom is 0.573 e. The summed E-state index contributed by atoms with van der Waals surface area (Å²) in [4.78, 5) is 33.2. The van der Waals surface area contributed by atoms with Crippen LogP contribution in [-0.2, 0) is 20.1 Å². The van der Waals surface area contributed by atoms with Crippen molar-refractivity contribution in [1.82, 2.24) is 18.9 Å². The third kappa shape index (κ3) is 6.63. The number of anilines is 2. The van der Waals surface area contributed by atoms with E-state index in [0.717, 1.165) is 43.9 Å². The Hall–Kier alpha value is -3.68. The number of halogens is 4. The summed E-state index contributed by atoms with van der Waals surface area (Å²) in [5.41, 5.74) is 0.0409. The summed E-state index contributed by atoms with van der Waals surface area (Å²) in [5.74, 6) is -0.135. The van der Waals surface area contributed by atoms with E-state index >= 15 is 0 Å². The van der Waals surface area contributed by atoms with Crippen LogP contribution >= 0.6 is 11.6 Å². The molecule has 2 aliphatic rings. The fourth-order valence-corrected chi connectivity index (χ4v) is 5.04. The molecule has 3 aromatic rings. The third-order valence-corrected chi connectivity index (χ3v) is 7.40. The van der Waals surface area contributed by atoms with Crippen molar-refractivity contribution in [3.63, 3.8) is 0 Å². The molecule has 1 N–H and O–H groups in total. The van der Waals surface area contributed by atoms with Gasteiger partial charge in [-0.05, 0) is 36.9 Å². The van der Waals surface area contributed by atoms with Crippen LogP contribution in [0.1, 0.15) is 5.56 Å². The summed E-state index contributed by atoms with van der Waals surface area (Å²) in [6.45, 7) is 4.43. The molecule has 0 aliphatic carbocycles. The lowest BCUT2D eigenvalue weighted by atomic mass is 10.2. The van der Waals surface area contributed by atoms with E-state index in [1.807, 2.05) is 0 Å². The second kappa shape index (κ2) is 11.7. The number of likely N-dealkylation sites (N-methyl/N-ethyl adjacent to an activating group) is 1. The van der Waals surface area contributed by atoms with E-state index in [9.17, 15) is 22.8 Å². The summed E-state index contributed by atoms with van der Waals surface area (Å²) in [5, 5.41) is 3.61. The molecule has 5 rings (SSSR count). The molecule has 1 saturated heterocycles. The van der Waals surface area contributed by atoms with Gasteiger partial charge in [0.2, 0.25) is 0 Å². The Morgan fingerprint density at radius 2 is 1.66 bits per heavy atom. The average Bonchev–Trinajstić information content (AvgIpc) is 3.26. The lowest BCUT2D eigenvalue weighted by Gasteiger charge is -2.32. The van der Waals surface area contributed by atoms with E-state index in [1.54, 1.807) is 36.2 Å². The molecule has 220 valence electrons. The highest BCUT2D eigenvalue weighted by Gasteiger charge is 2.37. The molecular weight excluding hydrogens is 565 g/mol. The van der Waals surface area contributed by atoms with Crippen LogP contribution in [0.15, 0.2) is 58.1 Å². The highest BCUT2D eigenvalue weighted by atomic mass is 35.5. The van der Waals surface area contributed by atoms with Crippen LogP contribution in [-0.4, -0.2) is 71.4 Å². The molecule has 1 fully saturated rings. The number of nitrogens with zero attached hydrogens (tertiary/aromatic N) is 5. The van der Waals surface area contributed by atoms with Gasteiger partial charge in [0, 0.05) is 63.9 Å². The lowest BCUT2D eigenvalue weighted by Crippen LogP contribution is -2.48. The Labute approximate surface area is 239 Å². The Balaban J connectivity index is 1.47. The Kier molecular flexibility index (Phi) is 8.20. The number of aromatic nitrogens is 2. The number of piperazine rings is 1. The Morgan fingerprint density at radius 1 is 0.976 bits per heavy atom. The largest absolute Gasteiger partial charge is 0.573 e. The van der Waals surface area contributed by atoms with Crippen molar-refractivity contribution in [2.75, 3.05) is 50.0 Å². The number of hydrogen-bond acceptors (Lipinski definition) is 8. The van der Waals surface area contributed by atoms with Gasteiger partial charge in [0.1, 0.15) is 23.0 Å². The number of ether oxygens (including phenoxy) is 2. The normalized spacial score (nSPS) is 17.8. The molecule has 2 aliphatic heterocycles. The molecule has 1 aromatic heterocycles. The van der Waals surface area contributed by atoms with Crippen LogP contribution in [0.5, 0.6) is 11.5 Å². The topological polar surface area (TPSA) is 84.2 Å². The van der Waals surface area contributed by atoms with Crippen LogP contribution in [0.25, 0.3) is 0 Å². The van der Waals surface area contributed by atoms with Crippen LogP contribution in [0.3, 0.4) is 0 Å². The van der Waals surface area contributed by atoms with E-state index < -0.39 is 29.7 Å². The van der Waals surface area contributed by atoms with Crippen molar-refractivity contribution in [1.29, 1.82) is 0 Å². The molecule has 14 heteroatoms. The van der Waals surface area contributed by atoms with Gasteiger partial charge in [-0.1, -0.05) is 29.8 Å². The van der Waals surface area contributed by atoms with Gasteiger partial charge in [0.05, 0.1) is 0 Å². The standard InChI is InChI=1S/C27H30ClF3N6O4/c1-33-10-12-35(13-11-33)14-15-36-24(38)22-23(34(2)26(36)39)32-25(37(22)17-18-6-8-19(28)9-7-18)40-20-4-3-5-21(16-20)41-27(29,30)31/h3-9,16,25,32H,10-15,17H2,1-2H3. The van der Waals surface area contributed by atoms with Gasteiger partial charge in [0.25, 0.3) is 11.9 Å². The minimum absolute atomic E-state index is 0.0681. The van der Waals surface area contributed by atoms with Gasteiger partial charge in [-0.15, -0.1) is 13.2 Å². The highest BCUT2D eigenvalue weighted by Crippen LogP contribution is 2.34.